The van der Waals surface area contributed by atoms with Crippen molar-refractivity contribution in [2.24, 2.45) is 15.0 Å². The number of hydrogen-bond donors (Lipinski definition) is 0. The molecule has 3 heteroatoms. The summed E-state index contributed by atoms with van der Waals surface area (Å²) >= 11 is 0. The third-order valence-electron chi connectivity index (χ3n) is 2.30. The Balaban J connectivity index is 2.12. The van der Waals surface area contributed by atoms with Crippen molar-refractivity contribution in [3.63, 3.8) is 0 Å². The maximum absolute atomic E-state index is 4.35. The van der Waals surface area contributed by atoms with Crippen molar-refractivity contribution in [2.45, 2.75) is 19.5 Å². The van der Waals surface area contributed by atoms with E-state index in [0.717, 1.165) is 6.42 Å². The topological polar surface area (TPSA) is 37.1 Å². The molecule has 1 atom stereocenters. The molecular formula is C12H13N3. The molecule has 0 saturated heterocycles. The van der Waals surface area contributed by atoms with E-state index in [-0.39, 0.29) is 6.17 Å². The van der Waals surface area contributed by atoms with Gasteiger partial charge < -0.3 is 0 Å². The van der Waals surface area contributed by atoms with Gasteiger partial charge in [0.15, 0.2) is 0 Å². The molecule has 76 valence electrons. The van der Waals surface area contributed by atoms with Crippen molar-refractivity contribution in [3.05, 3.63) is 35.4 Å². The van der Waals surface area contributed by atoms with Gasteiger partial charge in [0.1, 0.15) is 12.5 Å². The van der Waals surface area contributed by atoms with Crippen LogP contribution in [-0.4, -0.2) is 24.9 Å². The number of rotatable bonds is 2. The predicted molar refractivity (Wildman–Crippen MR) is 64.2 cm³/mol. The van der Waals surface area contributed by atoms with Crippen LogP contribution in [0.15, 0.2) is 39.2 Å². The summed E-state index contributed by atoms with van der Waals surface area (Å²) in [6.07, 6.45) is 6.02. The molecule has 2 rings (SSSR count). The van der Waals surface area contributed by atoms with Crippen LogP contribution in [0.25, 0.3) is 0 Å². The Morgan fingerprint density at radius 2 is 2.27 bits per heavy atom. The minimum atomic E-state index is -0.0106. The molecule has 15 heavy (non-hydrogen) atoms. The first-order valence-corrected chi connectivity index (χ1v) is 5.00. The molecule has 1 aliphatic heterocycles. The van der Waals surface area contributed by atoms with Crippen molar-refractivity contribution in [3.8, 4) is 0 Å². The first kappa shape index (κ1) is 9.77. The van der Waals surface area contributed by atoms with E-state index in [1.807, 2.05) is 25.3 Å². The minimum Gasteiger partial charge on any atom is -0.265 e. The van der Waals surface area contributed by atoms with Gasteiger partial charge in [-0.05, 0) is 18.1 Å². The van der Waals surface area contributed by atoms with Crippen LogP contribution >= 0.6 is 0 Å². The second-order valence-electron chi connectivity index (χ2n) is 3.33. The van der Waals surface area contributed by atoms with E-state index in [1.165, 1.54) is 11.1 Å². The van der Waals surface area contributed by atoms with Crippen molar-refractivity contribution in [1.82, 2.24) is 0 Å². The van der Waals surface area contributed by atoms with Crippen molar-refractivity contribution < 1.29 is 0 Å². The average Bonchev–Trinajstić information content (AvgIpc) is 2.29. The third kappa shape index (κ3) is 2.37. The molecule has 0 bridgehead atoms. The fourth-order valence-electron chi connectivity index (χ4n) is 1.54. The van der Waals surface area contributed by atoms with Gasteiger partial charge in [-0.1, -0.05) is 24.3 Å². The highest BCUT2D eigenvalue weighted by atomic mass is 15.0. The largest absolute Gasteiger partial charge is 0.265 e. The summed E-state index contributed by atoms with van der Waals surface area (Å²) < 4.78 is 0. The highest BCUT2D eigenvalue weighted by Crippen LogP contribution is 2.16. The van der Waals surface area contributed by atoms with Gasteiger partial charge in [-0.25, -0.2) is 9.98 Å². The SMILES string of the molecule is CC=NC=NC1Cc2ccccc2C=N1. The smallest absolute Gasteiger partial charge is 0.145 e. The zero-order chi connectivity index (χ0) is 10.5. The van der Waals surface area contributed by atoms with Gasteiger partial charge >= 0.3 is 0 Å². The monoisotopic (exact) mass is 199 g/mol. The molecule has 0 aromatic heterocycles. The third-order valence-corrected chi connectivity index (χ3v) is 2.30. The van der Waals surface area contributed by atoms with Gasteiger partial charge in [0, 0.05) is 18.9 Å². The summed E-state index contributed by atoms with van der Waals surface area (Å²) in [6, 6.07) is 8.26. The van der Waals surface area contributed by atoms with Crippen LogP contribution in [0.2, 0.25) is 0 Å². The Hall–Kier alpha value is -1.77. The van der Waals surface area contributed by atoms with E-state index in [4.69, 9.17) is 0 Å². The van der Waals surface area contributed by atoms with Gasteiger partial charge in [-0.2, -0.15) is 0 Å². The van der Waals surface area contributed by atoms with Gasteiger partial charge in [0.05, 0.1) is 0 Å². The molecule has 0 aliphatic carbocycles. The highest BCUT2D eigenvalue weighted by molar-refractivity contribution is 5.83. The molecule has 1 heterocycles. The van der Waals surface area contributed by atoms with Gasteiger partial charge in [0.2, 0.25) is 0 Å². The molecule has 0 radical (unpaired) electrons. The van der Waals surface area contributed by atoms with Gasteiger partial charge in [0.25, 0.3) is 0 Å². The molecule has 0 fully saturated rings. The second-order valence-corrected chi connectivity index (χ2v) is 3.33. The Bertz CT molecular complexity index is 419. The van der Waals surface area contributed by atoms with Crippen LogP contribution in [0.5, 0.6) is 0 Å². The van der Waals surface area contributed by atoms with Crippen LogP contribution in [0, 0.1) is 0 Å². The summed E-state index contributed by atoms with van der Waals surface area (Å²) in [5, 5.41) is 0. The lowest BCUT2D eigenvalue weighted by molar-refractivity contribution is 0.703. The van der Waals surface area contributed by atoms with Crippen molar-refractivity contribution in [2.75, 3.05) is 0 Å². The Kier molecular flexibility index (Phi) is 3.02. The van der Waals surface area contributed by atoms with Crippen LogP contribution in [-0.2, 0) is 6.42 Å². The van der Waals surface area contributed by atoms with Crippen LogP contribution in [0.3, 0.4) is 0 Å². The number of aliphatic imine (C=N–C) groups is 3. The zero-order valence-corrected chi connectivity index (χ0v) is 8.67. The molecule has 1 aromatic carbocycles. The molecular weight excluding hydrogens is 186 g/mol. The molecule has 1 aromatic rings. The van der Waals surface area contributed by atoms with Crippen LogP contribution in [0.1, 0.15) is 18.1 Å². The van der Waals surface area contributed by atoms with Crippen LogP contribution in [0.4, 0.5) is 0 Å². The molecule has 1 unspecified atom stereocenters. The number of nitrogens with zero attached hydrogens (tertiary/aromatic N) is 3. The normalized spacial score (nSPS) is 19.9. The summed E-state index contributed by atoms with van der Waals surface area (Å²) in [7, 11) is 0. The average molecular weight is 199 g/mol. The minimum absolute atomic E-state index is 0.0106. The highest BCUT2D eigenvalue weighted by Gasteiger charge is 2.11. The number of hydrogen-bond acceptors (Lipinski definition) is 2. The number of fused-ring (bicyclic) bond motifs is 1. The molecule has 0 saturated carbocycles. The van der Waals surface area contributed by atoms with Crippen molar-refractivity contribution >= 4 is 18.8 Å². The van der Waals surface area contributed by atoms with E-state index in [9.17, 15) is 0 Å². The predicted octanol–water partition coefficient (Wildman–Crippen LogP) is 2.11. The Labute approximate surface area is 89.3 Å². The van der Waals surface area contributed by atoms with Gasteiger partial charge in [-0.15, -0.1) is 0 Å². The second kappa shape index (κ2) is 4.64. The first-order chi connectivity index (χ1) is 7.40. The lowest BCUT2D eigenvalue weighted by atomic mass is 10.0. The van der Waals surface area contributed by atoms with E-state index in [0.29, 0.717) is 0 Å². The van der Waals surface area contributed by atoms with E-state index >= 15 is 0 Å². The Morgan fingerprint density at radius 1 is 1.40 bits per heavy atom. The summed E-state index contributed by atoms with van der Waals surface area (Å²) in [4.78, 5) is 12.5. The van der Waals surface area contributed by atoms with E-state index < -0.39 is 0 Å². The molecule has 0 N–H and O–H groups in total. The van der Waals surface area contributed by atoms with Crippen molar-refractivity contribution in [1.29, 1.82) is 0 Å². The van der Waals surface area contributed by atoms with Gasteiger partial charge in [-0.3, -0.25) is 4.99 Å². The molecule has 1 aliphatic rings. The lowest BCUT2D eigenvalue weighted by Crippen LogP contribution is -2.12. The van der Waals surface area contributed by atoms with E-state index in [1.54, 1.807) is 12.6 Å². The first-order valence-electron chi connectivity index (χ1n) is 5.00. The molecule has 3 nitrogen and oxygen atoms in total. The van der Waals surface area contributed by atoms with E-state index in [2.05, 4.69) is 27.1 Å². The molecule has 0 spiro atoms. The summed E-state index contributed by atoms with van der Waals surface area (Å²) in [5.74, 6) is 0. The lowest BCUT2D eigenvalue weighted by Gasteiger charge is -2.14. The maximum atomic E-state index is 4.35. The summed E-state index contributed by atoms with van der Waals surface area (Å²) in [5.41, 5.74) is 2.50. The Morgan fingerprint density at radius 3 is 3.13 bits per heavy atom. The fourth-order valence-corrected chi connectivity index (χ4v) is 1.54. The number of benzene rings is 1. The summed E-state index contributed by atoms with van der Waals surface area (Å²) in [6.45, 7) is 1.87. The fraction of sp³-hybridized carbons (Fsp3) is 0.250. The quantitative estimate of drug-likeness (QED) is 0.517. The maximum Gasteiger partial charge on any atom is 0.145 e. The van der Waals surface area contributed by atoms with Crippen LogP contribution < -0.4 is 0 Å². The molecule has 0 amide bonds. The zero-order valence-electron chi connectivity index (χ0n) is 8.67. The standard InChI is InChI=1S/C12H13N3/c1-2-13-9-15-12-7-10-5-3-4-6-11(10)8-14-12/h2-6,8-9,12H,7H2,1H3.